The molecule has 8 aromatic carbocycles. The minimum absolute atomic E-state index is 0.195. The quantitative estimate of drug-likeness (QED) is 0.183. The normalized spacial score (nSPS) is 14.7. The molecule has 0 fully saturated rings. The molecule has 0 amide bonds. The molecule has 1 aliphatic carbocycles. The van der Waals surface area contributed by atoms with Crippen LogP contribution in [0.3, 0.4) is 0 Å². The van der Waals surface area contributed by atoms with E-state index in [9.17, 15) is 0 Å². The largest absolute Gasteiger partial charge is 0.459 e. The van der Waals surface area contributed by atoms with Gasteiger partial charge in [0, 0.05) is 22.4 Å². The van der Waals surface area contributed by atoms with Gasteiger partial charge < -0.3 is 9.64 Å². The molecule has 2 nitrogen and oxygen atoms in total. The van der Waals surface area contributed by atoms with Gasteiger partial charge in [-0.05, 0) is 74.3 Å². The second-order valence-electron chi connectivity index (χ2n) is 12.8. The zero-order valence-electron chi connectivity index (χ0n) is 26.3. The first-order valence-electron chi connectivity index (χ1n) is 16.7. The van der Waals surface area contributed by atoms with Crippen molar-refractivity contribution in [2.45, 2.75) is 12.3 Å². The average Bonchev–Trinajstić information content (AvgIpc) is 3.52. The van der Waals surface area contributed by atoms with Gasteiger partial charge in [-0.25, -0.2) is 0 Å². The Kier molecular flexibility index (Phi) is 6.04. The molecule has 0 bridgehead atoms. The number of hydrogen-bond acceptors (Lipinski definition) is 2. The molecule has 226 valence electrons. The third-order valence-corrected chi connectivity index (χ3v) is 10.2. The molecule has 0 saturated carbocycles. The Morgan fingerprint density at radius 3 is 2.15 bits per heavy atom. The van der Waals surface area contributed by atoms with E-state index in [1.165, 1.54) is 60.1 Å². The van der Waals surface area contributed by atoms with E-state index in [-0.39, 0.29) is 5.92 Å². The Hall–Kier alpha value is -6.12. The van der Waals surface area contributed by atoms with Crippen molar-refractivity contribution in [1.82, 2.24) is 0 Å². The van der Waals surface area contributed by atoms with Crippen molar-refractivity contribution in [3.8, 4) is 16.9 Å². The summed E-state index contributed by atoms with van der Waals surface area (Å²) in [5.41, 5.74) is 9.48. The number of anilines is 3. The van der Waals surface area contributed by atoms with Crippen molar-refractivity contribution in [3.63, 3.8) is 0 Å². The van der Waals surface area contributed by atoms with Gasteiger partial charge in [-0.15, -0.1) is 0 Å². The first-order valence-corrected chi connectivity index (χ1v) is 16.7. The van der Waals surface area contributed by atoms with E-state index in [0.717, 1.165) is 35.0 Å². The first kappa shape index (κ1) is 27.0. The van der Waals surface area contributed by atoms with Gasteiger partial charge in [-0.1, -0.05) is 146 Å². The first-order chi connectivity index (χ1) is 23.8. The molecule has 0 radical (unpaired) electrons. The Morgan fingerprint density at radius 1 is 0.521 bits per heavy atom. The van der Waals surface area contributed by atoms with Crippen molar-refractivity contribution in [3.05, 3.63) is 186 Å². The fourth-order valence-electron chi connectivity index (χ4n) is 7.98. The maximum absolute atomic E-state index is 6.95. The minimum Gasteiger partial charge on any atom is -0.459 e. The Bertz CT molecular complexity index is 2580. The van der Waals surface area contributed by atoms with Crippen molar-refractivity contribution >= 4 is 55.5 Å². The number of allylic oxidation sites excluding steroid dienone is 1. The van der Waals surface area contributed by atoms with Crippen LogP contribution in [0.5, 0.6) is 5.75 Å². The van der Waals surface area contributed by atoms with E-state index in [4.69, 9.17) is 4.74 Å². The van der Waals surface area contributed by atoms with Crippen LogP contribution in [0.1, 0.15) is 22.6 Å². The van der Waals surface area contributed by atoms with E-state index in [1.807, 2.05) is 0 Å². The lowest BCUT2D eigenvalue weighted by molar-refractivity contribution is 0.430. The smallest absolute Gasteiger partial charge is 0.154 e. The van der Waals surface area contributed by atoms with Gasteiger partial charge >= 0.3 is 0 Å². The van der Waals surface area contributed by atoms with Gasteiger partial charge in [0.2, 0.25) is 0 Å². The molecule has 0 saturated heterocycles. The maximum atomic E-state index is 6.95. The number of ether oxygens (including phenoxy) is 1. The predicted octanol–water partition coefficient (Wildman–Crippen LogP) is 12.4. The molecule has 1 atom stereocenters. The fourth-order valence-corrected chi connectivity index (χ4v) is 7.98. The van der Waals surface area contributed by atoms with Crippen molar-refractivity contribution in [1.29, 1.82) is 0 Å². The van der Waals surface area contributed by atoms with Crippen molar-refractivity contribution < 1.29 is 4.74 Å². The number of nitrogens with zero attached hydrogens (tertiary/aromatic N) is 1. The summed E-state index contributed by atoms with van der Waals surface area (Å²) in [6.45, 7) is 0. The van der Waals surface area contributed by atoms with Crippen LogP contribution in [0, 0.1) is 0 Å². The van der Waals surface area contributed by atoms with Gasteiger partial charge in [0.25, 0.3) is 0 Å². The summed E-state index contributed by atoms with van der Waals surface area (Å²) in [5, 5.41) is 7.46. The topological polar surface area (TPSA) is 12.5 Å². The molecule has 10 rings (SSSR count). The van der Waals surface area contributed by atoms with Crippen LogP contribution in [-0.4, -0.2) is 0 Å². The highest BCUT2D eigenvalue weighted by Crippen LogP contribution is 2.55. The number of fused-ring (bicyclic) bond motifs is 9. The van der Waals surface area contributed by atoms with Gasteiger partial charge in [-0.3, -0.25) is 0 Å². The van der Waals surface area contributed by atoms with Crippen LogP contribution in [0.25, 0.3) is 49.5 Å². The van der Waals surface area contributed by atoms with Crippen LogP contribution < -0.4 is 9.64 Å². The molecular formula is C46H31NO. The molecule has 8 aromatic rings. The SMILES string of the molecule is C1=C2Oc3c(cccc3N(c3ccccc3-c3ccccc3)c3cc4ccc5ccccc5c4c4ccccc34)C2Cc2ccccc21. The lowest BCUT2D eigenvalue weighted by Crippen LogP contribution is -2.13. The number of hydrogen-bond donors (Lipinski definition) is 0. The van der Waals surface area contributed by atoms with Crippen LogP contribution >= 0.6 is 0 Å². The fraction of sp³-hybridized carbons (Fsp3) is 0.0435. The lowest BCUT2D eigenvalue weighted by Gasteiger charge is -2.30. The molecule has 0 aromatic heterocycles. The van der Waals surface area contributed by atoms with E-state index < -0.39 is 0 Å². The molecule has 0 spiro atoms. The summed E-state index contributed by atoms with van der Waals surface area (Å²) >= 11 is 0. The van der Waals surface area contributed by atoms with Gasteiger partial charge in [-0.2, -0.15) is 0 Å². The summed E-state index contributed by atoms with van der Waals surface area (Å²) in [6, 6.07) is 59.3. The molecule has 1 aliphatic heterocycles. The molecule has 48 heavy (non-hydrogen) atoms. The van der Waals surface area contributed by atoms with Crippen LogP contribution in [0.2, 0.25) is 0 Å². The zero-order valence-corrected chi connectivity index (χ0v) is 26.3. The minimum atomic E-state index is 0.195. The van der Waals surface area contributed by atoms with Crippen LogP contribution in [0.4, 0.5) is 17.1 Å². The molecule has 2 aliphatic rings. The van der Waals surface area contributed by atoms with E-state index in [2.05, 4.69) is 175 Å². The third-order valence-electron chi connectivity index (χ3n) is 10.2. The predicted molar refractivity (Wildman–Crippen MR) is 201 cm³/mol. The highest BCUT2D eigenvalue weighted by molar-refractivity contribution is 6.23. The highest BCUT2D eigenvalue weighted by atomic mass is 16.5. The number of para-hydroxylation sites is 2. The average molecular weight is 614 g/mol. The van der Waals surface area contributed by atoms with Gasteiger partial charge in [0.1, 0.15) is 5.76 Å². The van der Waals surface area contributed by atoms with E-state index in [0.29, 0.717) is 0 Å². The summed E-state index contributed by atoms with van der Waals surface area (Å²) in [6.07, 6.45) is 3.18. The van der Waals surface area contributed by atoms with E-state index in [1.54, 1.807) is 0 Å². The Balaban J connectivity index is 1.27. The van der Waals surface area contributed by atoms with E-state index >= 15 is 0 Å². The number of rotatable bonds is 4. The number of benzene rings is 8. The summed E-state index contributed by atoms with van der Waals surface area (Å²) in [5.74, 6) is 2.16. The van der Waals surface area contributed by atoms with Crippen LogP contribution in [0.15, 0.2) is 170 Å². The summed E-state index contributed by atoms with van der Waals surface area (Å²) < 4.78 is 6.95. The zero-order chi connectivity index (χ0) is 31.6. The van der Waals surface area contributed by atoms with Gasteiger partial charge in [0.05, 0.1) is 17.1 Å². The molecular weight excluding hydrogens is 583 g/mol. The molecule has 1 unspecified atom stereocenters. The second kappa shape index (κ2) is 10.7. The highest BCUT2D eigenvalue weighted by Gasteiger charge is 2.36. The lowest BCUT2D eigenvalue weighted by atomic mass is 9.85. The summed E-state index contributed by atoms with van der Waals surface area (Å²) in [4.78, 5) is 2.45. The molecule has 2 heteroatoms. The van der Waals surface area contributed by atoms with Crippen molar-refractivity contribution in [2.75, 3.05) is 4.90 Å². The Morgan fingerprint density at radius 2 is 1.23 bits per heavy atom. The molecule has 0 N–H and O–H groups in total. The maximum Gasteiger partial charge on any atom is 0.154 e. The van der Waals surface area contributed by atoms with Gasteiger partial charge in [0.15, 0.2) is 5.75 Å². The Labute approximate surface area is 279 Å². The second-order valence-corrected chi connectivity index (χ2v) is 12.8. The third kappa shape index (κ3) is 4.13. The van der Waals surface area contributed by atoms with Crippen LogP contribution in [-0.2, 0) is 6.42 Å². The monoisotopic (exact) mass is 613 g/mol. The molecule has 1 heterocycles. The summed E-state index contributed by atoms with van der Waals surface area (Å²) in [7, 11) is 0. The van der Waals surface area contributed by atoms with Crippen molar-refractivity contribution in [2.24, 2.45) is 0 Å². The standard InChI is InChI=1S/C46H31NO/c1-2-13-30(14-3-1)35-18-10-11-23-41(35)47(42-24-12-22-39-40-27-32-16-4-5-17-33(32)29-44(40)48-46(39)42)43-28-34-26-25-31-15-6-7-19-36(31)45(34)38-21-9-8-20-37(38)43/h1-26,28-29,40H,27H2.